The number of aliphatic carboxylic acids is 1. The van der Waals surface area contributed by atoms with Crippen molar-refractivity contribution >= 4 is 11.9 Å². The lowest BCUT2D eigenvalue weighted by molar-refractivity contribution is -0.142. The van der Waals surface area contributed by atoms with E-state index in [0.717, 1.165) is 0 Å². The molecule has 0 saturated heterocycles. The summed E-state index contributed by atoms with van der Waals surface area (Å²) in [6.45, 7) is 5.22. The van der Waals surface area contributed by atoms with Gasteiger partial charge in [0, 0.05) is 12.4 Å². The van der Waals surface area contributed by atoms with Gasteiger partial charge in [-0.15, -0.1) is 0 Å². The van der Waals surface area contributed by atoms with Gasteiger partial charge < -0.3 is 10.4 Å². The van der Waals surface area contributed by atoms with Gasteiger partial charge in [-0.25, -0.2) is 9.78 Å². The molecule has 6 heteroatoms. The van der Waals surface area contributed by atoms with E-state index in [1.54, 1.807) is 20.8 Å². The molecule has 1 amide bonds. The van der Waals surface area contributed by atoms with Crippen molar-refractivity contribution in [3.8, 4) is 0 Å². The van der Waals surface area contributed by atoms with Gasteiger partial charge in [0.05, 0.1) is 6.20 Å². The van der Waals surface area contributed by atoms with E-state index in [-0.39, 0.29) is 5.69 Å². The van der Waals surface area contributed by atoms with Crippen LogP contribution in [0, 0.1) is 5.41 Å². The molecule has 0 aliphatic carbocycles. The maximum absolute atomic E-state index is 11.7. The van der Waals surface area contributed by atoms with Gasteiger partial charge in [0.1, 0.15) is 11.7 Å². The first-order chi connectivity index (χ1) is 7.82. The number of carboxylic acid groups (broad SMARTS) is 1. The number of nitrogens with zero attached hydrogens (tertiary/aromatic N) is 2. The Morgan fingerprint density at radius 3 is 2.41 bits per heavy atom. The minimum Gasteiger partial charge on any atom is -0.480 e. The fourth-order valence-electron chi connectivity index (χ4n) is 1.27. The third-order valence-corrected chi connectivity index (χ3v) is 2.18. The van der Waals surface area contributed by atoms with Gasteiger partial charge in [-0.3, -0.25) is 9.78 Å². The largest absolute Gasteiger partial charge is 0.480 e. The molecule has 0 unspecified atom stereocenters. The fraction of sp³-hybridized carbons (Fsp3) is 0.455. The Labute approximate surface area is 99.1 Å². The average Bonchev–Trinajstić information content (AvgIpc) is 2.24. The number of carbonyl (C=O) groups is 2. The Hall–Kier alpha value is -1.98. The molecule has 1 aromatic heterocycles. The Balaban J connectivity index is 2.83. The Bertz CT molecular complexity index is 412. The molecule has 92 valence electrons. The SMILES string of the molecule is CC(C)(C)[C@@H](NC(=O)c1cnccn1)C(=O)O. The smallest absolute Gasteiger partial charge is 0.326 e. The van der Waals surface area contributed by atoms with Gasteiger partial charge in [0.15, 0.2) is 0 Å². The lowest BCUT2D eigenvalue weighted by atomic mass is 9.86. The second-order valence-electron chi connectivity index (χ2n) is 4.70. The van der Waals surface area contributed by atoms with Gasteiger partial charge >= 0.3 is 5.97 Å². The summed E-state index contributed by atoms with van der Waals surface area (Å²) in [5, 5.41) is 11.5. The number of hydrogen-bond donors (Lipinski definition) is 2. The maximum Gasteiger partial charge on any atom is 0.326 e. The minimum atomic E-state index is -1.07. The van der Waals surface area contributed by atoms with E-state index >= 15 is 0 Å². The molecule has 2 N–H and O–H groups in total. The number of rotatable bonds is 3. The first kappa shape index (κ1) is 13.1. The Morgan fingerprint density at radius 1 is 1.35 bits per heavy atom. The van der Waals surface area contributed by atoms with Crippen LogP contribution in [-0.2, 0) is 4.79 Å². The third-order valence-electron chi connectivity index (χ3n) is 2.18. The summed E-state index contributed by atoms with van der Waals surface area (Å²) in [6, 6.07) is -0.975. The molecule has 0 radical (unpaired) electrons. The molecule has 6 nitrogen and oxygen atoms in total. The van der Waals surface area contributed by atoms with Crippen LogP contribution in [0.2, 0.25) is 0 Å². The molecule has 0 spiro atoms. The van der Waals surface area contributed by atoms with Crippen LogP contribution in [0.15, 0.2) is 18.6 Å². The molecule has 0 saturated carbocycles. The standard InChI is InChI=1S/C11H15N3O3/c1-11(2,3)8(10(16)17)14-9(15)7-6-12-4-5-13-7/h4-6,8H,1-3H3,(H,14,15)(H,16,17)/t8-/m0/s1. The molecule has 1 atom stereocenters. The van der Waals surface area contributed by atoms with Crippen LogP contribution < -0.4 is 5.32 Å². The zero-order valence-corrected chi connectivity index (χ0v) is 9.97. The van der Waals surface area contributed by atoms with E-state index in [1.165, 1.54) is 18.6 Å². The zero-order valence-electron chi connectivity index (χ0n) is 9.97. The summed E-state index contributed by atoms with van der Waals surface area (Å²) in [6.07, 6.45) is 4.11. The number of carboxylic acids is 1. The molecule has 0 fully saturated rings. The second-order valence-corrected chi connectivity index (χ2v) is 4.70. The van der Waals surface area contributed by atoms with Crippen LogP contribution in [-0.4, -0.2) is 33.0 Å². The molecule has 1 aromatic rings. The van der Waals surface area contributed by atoms with Crippen molar-refractivity contribution in [1.29, 1.82) is 0 Å². The molecular formula is C11H15N3O3. The summed E-state index contributed by atoms with van der Waals surface area (Å²) in [5.74, 6) is -1.62. The summed E-state index contributed by atoms with van der Waals surface area (Å²) in [4.78, 5) is 30.3. The van der Waals surface area contributed by atoms with E-state index in [0.29, 0.717) is 0 Å². The Kier molecular flexibility index (Phi) is 3.77. The lowest BCUT2D eigenvalue weighted by Crippen LogP contribution is -2.49. The topological polar surface area (TPSA) is 92.2 Å². The van der Waals surface area contributed by atoms with Crippen LogP contribution in [0.4, 0.5) is 0 Å². The summed E-state index contributed by atoms with van der Waals surface area (Å²) in [5.41, 5.74) is -0.480. The summed E-state index contributed by atoms with van der Waals surface area (Å²) >= 11 is 0. The van der Waals surface area contributed by atoms with E-state index in [9.17, 15) is 9.59 Å². The Morgan fingerprint density at radius 2 is 2.00 bits per heavy atom. The van der Waals surface area contributed by atoms with Crippen LogP contribution in [0.25, 0.3) is 0 Å². The highest BCUT2D eigenvalue weighted by Gasteiger charge is 2.33. The van der Waals surface area contributed by atoms with Gasteiger partial charge in [-0.2, -0.15) is 0 Å². The maximum atomic E-state index is 11.7. The van der Waals surface area contributed by atoms with Crippen molar-refractivity contribution in [2.75, 3.05) is 0 Å². The lowest BCUT2D eigenvalue weighted by Gasteiger charge is -2.27. The predicted molar refractivity (Wildman–Crippen MR) is 60.4 cm³/mol. The van der Waals surface area contributed by atoms with Crippen molar-refractivity contribution in [2.24, 2.45) is 5.41 Å². The zero-order chi connectivity index (χ0) is 13.1. The highest BCUT2D eigenvalue weighted by molar-refractivity contribution is 5.94. The number of nitrogens with one attached hydrogen (secondary N) is 1. The summed E-state index contributed by atoms with van der Waals surface area (Å²) < 4.78 is 0. The van der Waals surface area contributed by atoms with E-state index in [1.807, 2.05) is 0 Å². The van der Waals surface area contributed by atoms with Gasteiger partial charge in [0.2, 0.25) is 0 Å². The van der Waals surface area contributed by atoms with Gasteiger partial charge in [-0.1, -0.05) is 20.8 Å². The van der Waals surface area contributed by atoms with Crippen molar-refractivity contribution in [3.63, 3.8) is 0 Å². The quantitative estimate of drug-likeness (QED) is 0.807. The van der Waals surface area contributed by atoms with Gasteiger partial charge in [0.25, 0.3) is 5.91 Å². The van der Waals surface area contributed by atoms with Crippen molar-refractivity contribution in [3.05, 3.63) is 24.3 Å². The molecule has 0 aromatic carbocycles. The number of amides is 1. The third kappa shape index (κ3) is 3.51. The van der Waals surface area contributed by atoms with Crippen LogP contribution in [0.1, 0.15) is 31.3 Å². The molecular weight excluding hydrogens is 222 g/mol. The number of hydrogen-bond acceptors (Lipinski definition) is 4. The van der Waals surface area contributed by atoms with Crippen molar-refractivity contribution < 1.29 is 14.7 Å². The van der Waals surface area contributed by atoms with E-state index in [2.05, 4.69) is 15.3 Å². The van der Waals surface area contributed by atoms with Gasteiger partial charge in [-0.05, 0) is 5.41 Å². The van der Waals surface area contributed by atoms with Crippen molar-refractivity contribution in [1.82, 2.24) is 15.3 Å². The normalized spacial score (nSPS) is 12.9. The molecule has 1 heterocycles. The van der Waals surface area contributed by atoms with E-state index < -0.39 is 23.3 Å². The van der Waals surface area contributed by atoms with Crippen molar-refractivity contribution in [2.45, 2.75) is 26.8 Å². The first-order valence-corrected chi connectivity index (χ1v) is 5.12. The van der Waals surface area contributed by atoms with Crippen LogP contribution >= 0.6 is 0 Å². The molecule has 17 heavy (non-hydrogen) atoms. The van der Waals surface area contributed by atoms with E-state index in [4.69, 9.17) is 5.11 Å². The second kappa shape index (κ2) is 4.90. The summed E-state index contributed by atoms with van der Waals surface area (Å²) in [7, 11) is 0. The number of aromatic nitrogens is 2. The average molecular weight is 237 g/mol. The molecule has 0 aliphatic rings. The van der Waals surface area contributed by atoms with Crippen LogP contribution in [0.3, 0.4) is 0 Å². The molecule has 1 rings (SSSR count). The van der Waals surface area contributed by atoms with Crippen LogP contribution in [0.5, 0.6) is 0 Å². The number of carbonyl (C=O) groups excluding carboxylic acids is 1. The predicted octanol–water partition coefficient (Wildman–Crippen LogP) is 0.706. The molecule has 0 aliphatic heterocycles. The fourth-order valence-corrected chi connectivity index (χ4v) is 1.27. The highest BCUT2D eigenvalue weighted by Crippen LogP contribution is 2.19. The molecule has 0 bridgehead atoms. The highest BCUT2D eigenvalue weighted by atomic mass is 16.4. The first-order valence-electron chi connectivity index (χ1n) is 5.12. The monoisotopic (exact) mass is 237 g/mol. The minimum absolute atomic E-state index is 0.100.